The Morgan fingerprint density at radius 3 is 2.52 bits per heavy atom. The molecule has 130 valence electrons. The summed E-state index contributed by atoms with van der Waals surface area (Å²) in [6.45, 7) is 3.16. The van der Waals surface area contributed by atoms with E-state index in [1.807, 2.05) is 24.3 Å². The Morgan fingerprint density at radius 1 is 1.15 bits per heavy atom. The van der Waals surface area contributed by atoms with Gasteiger partial charge in [0, 0.05) is 17.0 Å². The number of fused-ring (bicyclic) bond motifs is 1. The van der Waals surface area contributed by atoms with Crippen LogP contribution < -0.4 is 39.4 Å². The summed E-state index contributed by atoms with van der Waals surface area (Å²) >= 11 is 1.13. The fraction of sp³-hybridized carbons (Fsp3) is 0.150. The van der Waals surface area contributed by atoms with Gasteiger partial charge in [0.15, 0.2) is 5.75 Å². The maximum absolute atomic E-state index is 11.3. The molecule has 0 atom stereocenters. The van der Waals surface area contributed by atoms with Crippen LogP contribution in [-0.4, -0.2) is 15.7 Å². The molecule has 27 heavy (non-hydrogen) atoms. The summed E-state index contributed by atoms with van der Waals surface area (Å²) in [5.74, 6) is -0.142. The Kier molecular flexibility index (Phi) is 6.90. The van der Waals surface area contributed by atoms with Gasteiger partial charge in [0.25, 0.3) is 0 Å². The van der Waals surface area contributed by atoms with Crippen molar-refractivity contribution in [3.8, 4) is 17.6 Å². The van der Waals surface area contributed by atoms with Crippen LogP contribution in [-0.2, 0) is 4.79 Å². The number of carboxylic acids is 1. The number of nitriles is 1. The summed E-state index contributed by atoms with van der Waals surface area (Å²) in [6, 6.07) is 14.8. The van der Waals surface area contributed by atoms with E-state index in [1.54, 1.807) is 44.4 Å². The zero-order valence-electron chi connectivity index (χ0n) is 15.2. The van der Waals surface area contributed by atoms with E-state index in [0.29, 0.717) is 22.0 Å². The molecule has 5 nitrogen and oxygen atoms in total. The van der Waals surface area contributed by atoms with Gasteiger partial charge in [0.05, 0.1) is 33.4 Å². The van der Waals surface area contributed by atoms with Crippen LogP contribution in [0.25, 0.3) is 10.8 Å². The molecule has 0 aliphatic carbocycles. The van der Waals surface area contributed by atoms with Crippen LogP contribution >= 0.6 is 11.8 Å². The van der Waals surface area contributed by atoms with Gasteiger partial charge >= 0.3 is 29.6 Å². The zero-order valence-corrected chi connectivity index (χ0v) is 18.0. The molecule has 0 saturated carbocycles. The Bertz CT molecular complexity index is 1030. The quantitative estimate of drug-likeness (QED) is 0.470. The molecule has 7 heteroatoms. The summed E-state index contributed by atoms with van der Waals surface area (Å²) in [4.78, 5) is 16.0. The van der Waals surface area contributed by atoms with Crippen molar-refractivity contribution in [2.24, 2.45) is 0 Å². The first-order valence-electron chi connectivity index (χ1n) is 7.86. The Labute approximate surface area is 183 Å². The number of rotatable bonds is 5. The van der Waals surface area contributed by atoms with Gasteiger partial charge in [-0.05, 0) is 32.0 Å². The minimum Gasteiger partial charge on any atom is -0.549 e. The normalized spacial score (nSPS) is 10.7. The smallest absolute Gasteiger partial charge is 0.549 e. The first kappa shape index (κ1) is 21.3. The van der Waals surface area contributed by atoms with Gasteiger partial charge in [-0.25, -0.2) is 0 Å². The average Bonchev–Trinajstić information content (AvgIpc) is 2.63. The number of ether oxygens (including phenoxy) is 1. The predicted octanol–water partition coefficient (Wildman–Crippen LogP) is 0.523. The van der Waals surface area contributed by atoms with Crippen molar-refractivity contribution in [2.75, 3.05) is 0 Å². The third-order valence-electron chi connectivity index (χ3n) is 3.83. The fourth-order valence-electron chi connectivity index (χ4n) is 2.42. The number of carbonyl (C=O) groups is 1. The van der Waals surface area contributed by atoms with Gasteiger partial charge in [-0.3, -0.25) is 4.98 Å². The molecule has 0 bridgehead atoms. The van der Waals surface area contributed by atoms with Crippen molar-refractivity contribution in [1.82, 2.24) is 4.98 Å². The maximum Gasteiger partial charge on any atom is 1.00 e. The van der Waals surface area contributed by atoms with E-state index in [1.165, 1.54) is 0 Å². The molecule has 0 radical (unpaired) electrons. The van der Waals surface area contributed by atoms with E-state index >= 15 is 0 Å². The van der Waals surface area contributed by atoms with Crippen LogP contribution in [0, 0.1) is 11.3 Å². The third-order valence-corrected chi connectivity index (χ3v) is 5.06. The van der Waals surface area contributed by atoms with E-state index in [4.69, 9.17) is 4.74 Å². The Morgan fingerprint density at radius 2 is 1.85 bits per heavy atom. The summed E-state index contributed by atoms with van der Waals surface area (Å²) in [6.07, 6.45) is 3.12. The van der Waals surface area contributed by atoms with Crippen LogP contribution in [0.5, 0.6) is 11.5 Å². The SMILES string of the molecule is CC(C)(Sc1ccncc1Oc1ccc(C#N)c2ccccc12)C(=O)[O-].[Na+]. The second-order valence-corrected chi connectivity index (χ2v) is 7.76. The van der Waals surface area contributed by atoms with Crippen LogP contribution in [0.2, 0.25) is 0 Å². The maximum atomic E-state index is 11.3. The van der Waals surface area contributed by atoms with E-state index in [2.05, 4.69) is 11.1 Å². The molecule has 0 amide bonds. The molecule has 0 fully saturated rings. The monoisotopic (exact) mass is 386 g/mol. The third kappa shape index (κ3) is 4.63. The number of carboxylic acid groups (broad SMARTS) is 1. The molecule has 1 aromatic heterocycles. The summed E-state index contributed by atoms with van der Waals surface area (Å²) in [7, 11) is 0. The van der Waals surface area contributed by atoms with Crippen molar-refractivity contribution < 1.29 is 44.2 Å². The predicted molar refractivity (Wildman–Crippen MR) is 97.9 cm³/mol. The molecule has 0 saturated heterocycles. The van der Waals surface area contributed by atoms with E-state index in [-0.39, 0.29) is 29.6 Å². The van der Waals surface area contributed by atoms with Crippen molar-refractivity contribution in [2.45, 2.75) is 23.5 Å². The second-order valence-electron chi connectivity index (χ2n) is 6.09. The fourth-order valence-corrected chi connectivity index (χ4v) is 3.38. The molecule has 2 aromatic carbocycles. The van der Waals surface area contributed by atoms with Gasteiger partial charge < -0.3 is 14.6 Å². The number of pyridine rings is 1. The largest absolute Gasteiger partial charge is 1.00 e. The molecule has 0 N–H and O–H groups in total. The van der Waals surface area contributed by atoms with Crippen molar-refractivity contribution >= 4 is 28.5 Å². The van der Waals surface area contributed by atoms with Gasteiger partial charge in [0.2, 0.25) is 0 Å². The molecule has 3 aromatic rings. The number of aliphatic carboxylic acids is 1. The van der Waals surface area contributed by atoms with Gasteiger partial charge in [-0.2, -0.15) is 5.26 Å². The summed E-state index contributed by atoms with van der Waals surface area (Å²) < 4.78 is 4.92. The average molecular weight is 386 g/mol. The first-order valence-corrected chi connectivity index (χ1v) is 8.68. The first-order chi connectivity index (χ1) is 12.4. The molecule has 3 rings (SSSR count). The molecule has 0 unspecified atom stereocenters. The van der Waals surface area contributed by atoms with Crippen molar-refractivity contribution in [1.29, 1.82) is 5.26 Å². The van der Waals surface area contributed by atoms with Gasteiger partial charge in [0.1, 0.15) is 5.75 Å². The Balaban J connectivity index is 0.00000261. The topological polar surface area (TPSA) is 86.0 Å². The molecule has 0 spiro atoms. The molecule has 0 aliphatic rings. The number of benzene rings is 2. The van der Waals surface area contributed by atoms with Crippen LogP contribution in [0.3, 0.4) is 0 Å². The number of thioether (sulfide) groups is 1. The summed E-state index contributed by atoms with van der Waals surface area (Å²) in [5, 5.41) is 22.2. The molecular formula is C20H15N2NaO3S. The standard InChI is InChI=1S/C20H16N2O3S.Na/c1-20(2,19(23)24)26-18-9-10-22-12-17(18)25-16-8-7-13(11-21)14-5-3-4-6-15(14)16;/h3-10,12H,1-2H3,(H,23,24);/q;+1/p-1. The van der Waals surface area contributed by atoms with Gasteiger partial charge in [-0.15, -0.1) is 11.8 Å². The molecule has 1 heterocycles. The van der Waals surface area contributed by atoms with Gasteiger partial charge in [-0.1, -0.05) is 24.3 Å². The number of hydrogen-bond acceptors (Lipinski definition) is 6. The van der Waals surface area contributed by atoms with Crippen molar-refractivity contribution in [3.05, 3.63) is 60.4 Å². The number of aromatic nitrogens is 1. The second kappa shape index (κ2) is 8.77. The Hall–Kier alpha value is -2.04. The van der Waals surface area contributed by atoms with E-state index < -0.39 is 10.7 Å². The number of hydrogen-bond donors (Lipinski definition) is 0. The molecule has 0 aliphatic heterocycles. The van der Waals surface area contributed by atoms with Crippen LogP contribution in [0.4, 0.5) is 0 Å². The van der Waals surface area contributed by atoms with Crippen molar-refractivity contribution in [3.63, 3.8) is 0 Å². The minimum atomic E-state index is -1.16. The van der Waals surface area contributed by atoms with E-state index in [9.17, 15) is 15.2 Å². The minimum absolute atomic E-state index is 0. The van der Waals surface area contributed by atoms with Crippen LogP contribution in [0.1, 0.15) is 19.4 Å². The van der Waals surface area contributed by atoms with Crippen LogP contribution in [0.15, 0.2) is 59.8 Å². The molecular weight excluding hydrogens is 371 g/mol. The number of nitrogens with zero attached hydrogens (tertiary/aromatic N) is 2. The number of carbonyl (C=O) groups excluding carboxylic acids is 1. The summed E-state index contributed by atoms with van der Waals surface area (Å²) in [5.41, 5.74) is 0.562. The van der Waals surface area contributed by atoms with E-state index in [0.717, 1.165) is 22.5 Å². The zero-order chi connectivity index (χ0) is 18.7.